The van der Waals surface area contributed by atoms with E-state index < -0.39 is 0 Å². The number of hydrogen-bond donors (Lipinski definition) is 2. The van der Waals surface area contributed by atoms with Crippen molar-refractivity contribution in [1.29, 1.82) is 0 Å². The summed E-state index contributed by atoms with van der Waals surface area (Å²) in [6.45, 7) is 0.577. The number of nitrogens with one attached hydrogen (secondary N) is 1. The third-order valence-electron chi connectivity index (χ3n) is 3.71. The lowest BCUT2D eigenvalue weighted by Crippen LogP contribution is -2.41. The third-order valence-corrected chi connectivity index (χ3v) is 5.34. The fourth-order valence-corrected chi connectivity index (χ4v) is 4.06. The summed E-state index contributed by atoms with van der Waals surface area (Å²) in [6, 6.07) is 3.65. The van der Waals surface area contributed by atoms with Crippen LogP contribution in [0.2, 0.25) is 0 Å². The summed E-state index contributed by atoms with van der Waals surface area (Å²) in [7, 11) is 0. The highest BCUT2D eigenvalue weighted by molar-refractivity contribution is 9.11. The minimum Gasteiger partial charge on any atom is -0.350 e. The Morgan fingerprint density at radius 2 is 2.16 bits per heavy atom. The second kappa shape index (κ2) is 7.41. The maximum absolute atomic E-state index is 12.0. The molecule has 106 valence electrons. The molecule has 1 aromatic heterocycles. The highest BCUT2D eigenvalue weighted by atomic mass is 79.9. The van der Waals surface area contributed by atoms with Crippen molar-refractivity contribution < 1.29 is 4.79 Å². The van der Waals surface area contributed by atoms with Gasteiger partial charge in [0, 0.05) is 4.88 Å². The molecule has 19 heavy (non-hydrogen) atoms. The Morgan fingerprint density at radius 3 is 2.79 bits per heavy atom. The summed E-state index contributed by atoms with van der Waals surface area (Å²) in [5.41, 5.74) is 6.00. The molecule has 1 saturated carbocycles. The van der Waals surface area contributed by atoms with Crippen molar-refractivity contribution in [2.24, 2.45) is 11.7 Å². The Kier molecular flexibility index (Phi) is 5.85. The van der Waals surface area contributed by atoms with Crippen LogP contribution in [0.25, 0.3) is 0 Å². The molecule has 1 atom stereocenters. The zero-order chi connectivity index (χ0) is 13.7. The molecule has 5 heteroatoms. The second-order valence-electron chi connectivity index (χ2n) is 5.27. The van der Waals surface area contributed by atoms with Crippen LogP contribution in [0.5, 0.6) is 0 Å². The smallest absolute Gasteiger partial charge is 0.237 e. The molecule has 0 bridgehead atoms. The van der Waals surface area contributed by atoms with Gasteiger partial charge in [-0.25, -0.2) is 0 Å². The molecule has 0 spiro atoms. The molecule has 3 N–H and O–H groups in total. The lowest BCUT2D eigenvalue weighted by atomic mass is 9.85. The zero-order valence-electron chi connectivity index (χ0n) is 11.0. The van der Waals surface area contributed by atoms with Crippen molar-refractivity contribution >= 4 is 33.2 Å². The molecule has 0 radical (unpaired) electrons. The standard InChI is InChI=1S/C14H21BrN2OS/c15-13-7-6-11(19-13)9-17-14(18)12(16)8-10-4-2-1-3-5-10/h6-7,10,12H,1-5,8-9,16H2,(H,17,18). The number of nitrogens with two attached hydrogens (primary N) is 1. The van der Waals surface area contributed by atoms with Gasteiger partial charge in [-0.05, 0) is 40.4 Å². The third kappa shape index (κ3) is 4.89. The molecular weight excluding hydrogens is 324 g/mol. The molecule has 1 aromatic rings. The molecule has 1 aliphatic rings. The van der Waals surface area contributed by atoms with Crippen LogP contribution in [0.4, 0.5) is 0 Å². The van der Waals surface area contributed by atoms with E-state index in [4.69, 9.17) is 5.73 Å². The highest BCUT2D eigenvalue weighted by Gasteiger charge is 2.21. The predicted molar refractivity (Wildman–Crippen MR) is 83.0 cm³/mol. The molecule has 3 nitrogen and oxygen atoms in total. The van der Waals surface area contributed by atoms with Gasteiger partial charge in [0.1, 0.15) is 0 Å². The van der Waals surface area contributed by atoms with E-state index in [1.807, 2.05) is 12.1 Å². The normalized spacial score (nSPS) is 18.2. The van der Waals surface area contributed by atoms with Gasteiger partial charge in [0.15, 0.2) is 0 Å². The first-order chi connectivity index (χ1) is 9.15. The van der Waals surface area contributed by atoms with Crippen molar-refractivity contribution in [3.8, 4) is 0 Å². The number of halogens is 1. The topological polar surface area (TPSA) is 55.1 Å². The molecule has 0 aromatic carbocycles. The SMILES string of the molecule is NC(CC1CCCCC1)C(=O)NCc1ccc(Br)s1. The van der Waals surface area contributed by atoms with Crippen molar-refractivity contribution in [2.45, 2.75) is 51.1 Å². The van der Waals surface area contributed by atoms with Gasteiger partial charge in [-0.2, -0.15) is 0 Å². The minimum absolute atomic E-state index is 0.0184. The van der Waals surface area contributed by atoms with E-state index in [2.05, 4.69) is 21.2 Å². The molecule has 1 heterocycles. The monoisotopic (exact) mass is 344 g/mol. The predicted octanol–water partition coefficient (Wildman–Crippen LogP) is 3.42. The zero-order valence-corrected chi connectivity index (χ0v) is 13.4. The fourth-order valence-electron chi connectivity index (χ4n) is 2.64. The fraction of sp³-hybridized carbons (Fsp3) is 0.643. The van der Waals surface area contributed by atoms with Crippen LogP contribution in [-0.4, -0.2) is 11.9 Å². The van der Waals surface area contributed by atoms with Gasteiger partial charge in [-0.3, -0.25) is 4.79 Å². The Hall–Kier alpha value is -0.390. The summed E-state index contributed by atoms with van der Waals surface area (Å²) >= 11 is 5.05. The van der Waals surface area contributed by atoms with Gasteiger partial charge in [0.05, 0.1) is 16.4 Å². The van der Waals surface area contributed by atoms with Crippen LogP contribution in [-0.2, 0) is 11.3 Å². The van der Waals surface area contributed by atoms with Gasteiger partial charge in [0.2, 0.25) is 5.91 Å². The number of rotatable bonds is 5. The van der Waals surface area contributed by atoms with E-state index in [1.54, 1.807) is 11.3 Å². The van der Waals surface area contributed by atoms with Crippen molar-refractivity contribution in [3.05, 3.63) is 20.8 Å². The average molecular weight is 345 g/mol. The molecule has 1 aliphatic carbocycles. The number of hydrogen-bond acceptors (Lipinski definition) is 3. The lowest BCUT2D eigenvalue weighted by molar-refractivity contribution is -0.122. The molecule has 1 fully saturated rings. The van der Waals surface area contributed by atoms with Crippen LogP contribution >= 0.6 is 27.3 Å². The van der Waals surface area contributed by atoms with E-state index >= 15 is 0 Å². The van der Waals surface area contributed by atoms with Gasteiger partial charge < -0.3 is 11.1 Å². The first-order valence-corrected chi connectivity index (χ1v) is 8.53. The number of carbonyl (C=O) groups is 1. The van der Waals surface area contributed by atoms with Gasteiger partial charge in [-0.15, -0.1) is 11.3 Å². The maximum atomic E-state index is 12.0. The molecular formula is C14H21BrN2OS. The van der Waals surface area contributed by atoms with E-state index in [1.165, 1.54) is 32.1 Å². The largest absolute Gasteiger partial charge is 0.350 e. The summed E-state index contributed by atoms with van der Waals surface area (Å²) in [4.78, 5) is 13.1. The molecule has 1 amide bonds. The van der Waals surface area contributed by atoms with Crippen LogP contribution < -0.4 is 11.1 Å². The van der Waals surface area contributed by atoms with Crippen molar-refractivity contribution in [3.63, 3.8) is 0 Å². The van der Waals surface area contributed by atoms with E-state index in [0.29, 0.717) is 12.5 Å². The Labute approximate surface area is 127 Å². The molecule has 0 aliphatic heterocycles. The summed E-state index contributed by atoms with van der Waals surface area (Å²) < 4.78 is 1.09. The molecule has 2 rings (SSSR count). The van der Waals surface area contributed by atoms with E-state index in [-0.39, 0.29) is 11.9 Å². The first-order valence-electron chi connectivity index (χ1n) is 6.92. The second-order valence-corrected chi connectivity index (χ2v) is 7.82. The number of amides is 1. The quantitative estimate of drug-likeness (QED) is 0.859. The molecule has 1 unspecified atom stereocenters. The van der Waals surface area contributed by atoms with Crippen molar-refractivity contribution in [2.75, 3.05) is 0 Å². The number of carbonyl (C=O) groups excluding carboxylic acids is 1. The van der Waals surface area contributed by atoms with Crippen LogP contribution in [0.15, 0.2) is 15.9 Å². The minimum atomic E-state index is -0.355. The highest BCUT2D eigenvalue weighted by Crippen LogP contribution is 2.27. The number of thiophene rings is 1. The Morgan fingerprint density at radius 1 is 1.42 bits per heavy atom. The average Bonchev–Trinajstić information content (AvgIpc) is 2.83. The van der Waals surface area contributed by atoms with Gasteiger partial charge in [0.25, 0.3) is 0 Å². The van der Waals surface area contributed by atoms with Gasteiger partial charge >= 0.3 is 0 Å². The van der Waals surface area contributed by atoms with E-state index in [9.17, 15) is 4.79 Å². The summed E-state index contributed by atoms with van der Waals surface area (Å²) in [5.74, 6) is 0.625. The van der Waals surface area contributed by atoms with Crippen LogP contribution in [0.3, 0.4) is 0 Å². The molecule has 0 saturated heterocycles. The Balaban J connectivity index is 1.72. The van der Waals surface area contributed by atoms with Gasteiger partial charge in [-0.1, -0.05) is 32.1 Å². The van der Waals surface area contributed by atoms with Crippen LogP contribution in [0.1, 0.15) is 43.4 Å². The van der Waals surface area contributed by atoms with E-state index in [0.717, 1.165) is 15.1 Å². The van der Waals surface area contributed by atoms with Crippen LogP contribution in [0, 0.1) is 5.92 Å². The Bertz CT molecular complexity index is 415. The summed E-state index contributed by atoms with van der Waals surface area (Å²) in [5, 5.41) is 2.93. The van der Waals surface area contributed by atoms with Crippen molar-refractivity contribution in [1.82, 2.24) is 5.32 Å². The maximum Gasteiger partial charge on any atom is 0.237 e. The first kappa shape index (κ1) is 15.0. The lowest BCUT2D eigenvalue weighted by Gasteiger charge is -2.24. The summed E-state index contributed by atoms with van der Waals surface area (Å²) in [6.07, 6.45) is 7.23.